The number of pyridine rings is 2. The first kappa shape index (κ1) is 19.2. The van der Waals surface area contributed by atoms with E-state index < -0.39 is 11.6 Å². The number of fused-ring (bicyclic) bond motifs is 5. The molecule has 2 aliphatic rings. The first-order valence-electron chi connectivity index (χ1n) is 9.92. The molecule has 0 saturated carbocycles. The van der Waals surface area contributed by atoms with Gasteiger partial charge in [-0.2, -0.15) is 0 Å². The van der Waals surface area contributed by atoms with E-state index in [0.29, 0.717) is 23.4 Å². The Bertz CT molecular complexity index is 1300. The van der Waals surface area contributed by atoms with Crippen LogP contribution in [0.1, 0.15) is 42.5 Å². The third-order valence-corrected chi connectivity index (χ3v) is 6.54. The van der Waals surface area contributed by atoms with Gasteiger partial charge < -0.3 is 18.9 Å². The van der Waals surface area contributed by atoms with Crippen LogP contribution in [0, 0.1) is 0 Å². The van der Waals surface area contributed by atoms with Gasteiger partial charge in [0.2, 0.25) is 0 Å². The van der Waals surface area contributed by atoms with Crippen LogP contribution in [0.4, 0.5) is 0 Å². The summed E-state index contributed by atoms with van der Waals surface area (Å²) in [4.78, 5) is 30.4. The second-order valence-corrected chi connectivity index (χ2v) is 7.91. The van der Waals surface area contributed by atoms with E-state index in [1.807, 2.05) is 18.2 Å². The monoisotopic (exact) mass is 424 g/mol. The van der Waals surface area contributed by atoms with E-state index in [0.717, 1.165) is 39.9 Å². The Morgan fingerprint density at radius 3 is 2.77 bits per heavy atom. The summed E-state index contributed by atoms with van der Waals surface area (Å²) in [6, 6.07) is 7.43. The third-order valence-electron chi connectivity index (χ3n) is 6.27. The molecule has 7 nitrogen and oxygen atoms in total. The SMILES string of the molecule is CCc1c2c(nc3ccc(OP)cc13)-c1cc3c(c(=O)n1C2)COC(=O)[C@]3(O)CC. The predicted octanol–water partition coefficient (Wildman–Crippen LogP) is 2.81. The van der Waals surface area contributed by atoms with E-state index in [-0.39, 0.29) is 18.6 Å². The highest BCUT2D eigenvalue weighted by atomic mass is 31.0. The molecule has 8 heteroatoms. The van der Waals surface area contributed by atoms with Crippen LogP contribution in [0.25, 0.3) is 22.3 Å². The van der Waals surface area contributed by atoms with Gasteiger partial charge in [-0.15, -0.1) is 0 Å². The zero-order valence-electron chi connectivity index (χ0n) is 16.7. The van der Waals surface area contributed by atoms with E-state index >= 15 is 0 Å². The van der Waals surface area contributed by atoms with Crippen molar-refractivity contribution in [2.75, 3.05) is 0 Å². The quantitative estimate of drug-likeness (QED) is 0.402. The van der Waals surface area contributed by atoms with Gasteiger partial charge in [0.25, 0.3) is 5.56 Å². The summed E-state index contributed by atoms with van der Waals surface area (Å²) in [5.41, 5.74) is 2.83. The lowest BCUT2D eigenvalue weighted by Gasteiger charge is -2.31. The van der Waals surface area contributed by atoms with Crippen molar-refractivity contribution < 1.29 is 19.2 Å². The molecule has 1 unspecified atom stereocenters. The lowest BCUT2D eigenvalue weighted by atomic mass is 9.86. The number of ether oxygens (including phenoxy) is 1. The molecule has 0 amide bonds. The van der Waals surface area contributed by atoms with Crippen molar-refractivity contribution in [2.45, 2.75) is 45.4 Å². The molecule has 0 spiro atoms. The number of nitrogens with zero attached hydrogens (tertiary/aromatic N) is 2. The molecule has 2 aliphatic heterocycles. The molecule has 2 aromatic heterocycles. The van der Waals surface area contributed by atoms with Gasteiger partial charge in [-0.05, 0) is 42.7 Å². The molecule has 3 aromatic rings. The van der Waals surface area contributed by atoms with Gasteiger partial charge in [-0.25, -0.2) is 9.78 Å². The Morgan fingerprint density at radius 2 is 2.07 bits per heavy atom. The van der Waals surface area contributed by atoms with Crippen LogP contribution in [0.5, 0.6) is 5.75 Å². The van der Waals surface area contributed by atoms with Crippen LogP contribution in [0.15, 0.2) is 29.1 Å². The molecule has 0 fully saturated rings. The fraction of sp³-hybridized carbons (Fsp3) is 0.318. The molecule has 2 atom stereocenters. The summed E-state index contributed by atoms with van der Waals surface area (Å²) >= 11 is 0. The largest absolute Gasteiger partial charge is 0.480 e. The van der Waals surface area contributed by atoms with Gasteiger partial charge in [0.05, 0.1) is 38.5 Å². The number of aromatic nitrogens is 2. The summed E-state index contributed by atoms with van der Waals surface area (Å²) in [5.74, 6) is 0.00140. The number of rotatable bonds is 3. The fourth-order valence-corrected chi connectivity index (χ4v) is 4.76. The minimum Gasteiger partial charge on any atom is -0.480 e. The topological polar surface area (TPSA) is 90.6 Å². The van der Waals surface area contributed by atoms with Gasteiger partial charge in [0, 0.05) is 16.5 Å². The highest BCUT2D eigenvalue weighted by Gasteiger charge is 2.45. The number of hydrogen-bond donors (Lipinski definition) is 1. The molecule has 30 heavy (non-hydrogen) atoms. The number of carbonyl (C=O) groups excluding carboxylic acids is 1. The van der Waals surface area contributed by atoms with Gasteiger partial charge >= 0.3 is 5.97 Å². The number of hydrogen-bond acceptors (Lipinski definition) is 6. The van der Waals surface area contributed by atoms with E-state index in [2.05, 4.69) is 16.4 Å². The molecule has 154 valence electrons. The summed E-state index contributed by atoms with van der Waals surface area (Å²) in [6.07, 6.45) is 0.891. The Hall–Kier alpha value is -2.76. The van der Waals surface area contributed by atoms with Crippen LogP contribution < -0.4 is 10.1 Å². The molecule has 1 aromatic carbocycles. The number of carbonyl (C=O) groups is 1. The zero-order chi connectivity index (χ0) is 21.2. The van der Waals surface area contributed by atoms with Crippen LogP contribution >= 0.6 is 9.47 Å². The molecule has 1 N–H and O–H groups in total. The van der Waals surface area contributed by atoms with E-state index in [1.165, 1.54) is 0 Å². The first-order valence-corrected chi connectivity index (χ1v) is 10.4. The molecule has 0 saturated heterocycles. The van der Waals surface area contributed by atoms with E-state index in [4.69, 9.17) is 14.2 Å². The van der Waals surface area contributed by atoms with Gasteiger partial charge in [-0.1, -0.05) is 13.8 Å². The van der Waals surface area contributed by atoms with Gasteiger partial charge in [-0.3, -0.25) is 4.79 Å². The summed E-state index contributed by atoms with van der Waals surface area (Å²) < 4.78 is 12.1. The normalized spacial score (nSPS) is 19.3. The average Bonchev–Trinajstić information content (AvgIpc) is 3.13. The molecule has 0 bridgehead atoms. The number of aryl methyl sites for hydroxylation is 1. The lowest BCUT2D eigenvalue weighted by Crippen LogP contribution is -2.44. The fourth-order valence-electron chi connectivity index (χ4n) is 4.62. The van der Waals surface area contributed by atoms with Crippen LogP contribution in [0.2, 0.25) is 0 Å². The highest BCUT2D eigenvalue weighted by Crippen LogP contribution is 2.40. The molecule has 5 rings (SSSR count). The lowest BCUT2D eigenvalue weighted by molar-refractivity contribution is -0.172. The number of benzene rings is 1. The van der Waals surface area contributed by atoms with Crippen molar-refractivity contribution in [1.82, 2.24) is 9.55 Å². The Balaban J connectivity index is 1.81. The first-order chi connectivity index (χ1) is 14.4. The molecule has 4 heterocycles. The zero-order valence-corrected chi connectivity index (χ0v) is 17.8. The molecule has 0 aliphatic carbocycles. The molecular formula is C22H21N2O5P. The van der Waals surface area contributed by atoms with Gasteiger partial charge in [0.15, 0.2) is 5.60 Å². The second kappa shape index (κ2) is 6.62. The van der Waals surface area contributed by atoms with Crippen molar-refractivity contribution in [1.29, 1.82) is 0 Å². The number of cyclic esters (lactones) is 1. The third kappa shape index (κ3) is 2.42. The number of esters is 1. The van der Waals surface area contributed by atoms with Crippen LogP contribution in [-0.4, -0.2) is 20.6 Å². The average molecular weight is 424 g/mol. The summed E-state index contributed by atoms with van der Waals surface area (Å²) in [7, 11) is 2.25. The van der Waals surface area contributed by atoms with Crippen LogP contribution in [0.3, 0.4) is 0 Å². The van der Waals surface area contributed by atoms with Crippen molar-refractivity contribution >= 4 is 26.3 Å². The van der Waals surface area contributed by atoms with E-state index in [1.54, 1.807) is 17.6 Å². The highest BCUT2D eigenvalue weighted by molar-refractivity contribution is 7.10. The maximum absolute atomic E-state index is 13.3. The minimum absolute atomic E-state index is 0.123. The standard InChI is InChI=1S/C22H21N2O5P/c1-3-12-13-7-11(29-30)5-6-17(13)23-19-14(12)9-24-18(19)8-16-15(20(24)25)10-28-21(26)22(16,27)4-2/h5-8,27H,3-4,9-10,30H2,1-2H3/t22-/m0/s1. The Kier molecular flexibility index (Phi) is 4.24. The minimum atomic E-state index is -1.82. The predicted molar refractivity (Wildman–Crippen MR) is 114 cm³/mol. The summed E-state index contributed by atoms with van der Waals surface area (Å²) in [6.45, 7) is 4.04. The molecule has 0 radical (unpaired) electrons. The Labute approximate surface area is 174 Å². The summed E-state index contributed by atoms with van der Waals surface area (Å²) in [5, 5.41) is 12.0. The Morgan fingerprint density at radius 1 is 1.27 bits per heavy atom. The second-order valence-electron chi connectivity index (χ2n) is 7.67. The maximum atomic E-state index is 13.3. The molecular weight excluding hydrogens is 403 g/mol. The van der Waals surface area contributed by atoms with Crippen molar-refractivity contribution in [3.8, 4) is 17.1 Å². The van der Waals surface area contributed by atoms with Gasteiger partial charge in [0.1, 0.15) is 12.4 Å². The van der Waals surface area contributed by atoms with E-state index in [9.17, 15) is 14.7 Å². The smallest absolute Gasteiger partial charge is 0.343 e. The van der Waals surface area contributed by atoms with Crippen LogP contribution in [-0.2, 0) is 34.7 Å². The van der Waals surface area contributed by atoms with Crippen molar-refractivity contribution in [2.24, 2.45) is 0 Å². The van der Waals surface area contributed by atoms with Crippen molar-refractivity contribution in [3.05, 3.63) is 56.9 Å². The van der Waals surface area contributed by atoms with Crippen molar-refractivity contribution in [3.63, 3.8) is 0 Å². The number of aliphatic hydroxyl groups is 1. The maximum Gasteiger partial charge on any atom is 0.343 e.